The molecule has 0 aliphatic rings. The molecule has 0 unspecified atom stereocenters. The summed E-state index contributed by atoms with van der Waals surface area (Å²) in [6.07, 6.45) is 1.40. The number of methoxy groups -OCH3 is 1. The topological polar surface area (TPSA) is 73.2 Å². The number of carbonyl (C=O) groups excluding carboxylic acids is 1. The van der Waals surface area contributed by atoms with Crippen LogP contribution in [0.15, 0.2) is 71.8 Å². The number of nitrogens with zero attached hydrogens (tertiary/aromatic N) is 2. The molecule has 3 rings (SSSR count). The van der Waals surface area contributed by atoms with E-state index in [9.17, 15) is 9.59 Å². The van der Waals surface area contributed by atoms with E-state index in [2.05, 4.69) is 10.3 Å². The predicted molar refractivity (Wildman–Crippen MR) is 98.8 cm³/mol. The molecule has 1 amide bonds. The summed E-state index contributed by atoms with van der Waals surface area (Å²) < 4.78 is 6.54. The summed E-state index contributed by atoms with van der Waals surface area (Å²) in [7, 11) is 1.58. The van der Waals surface area contributed by atoms with Crippen molar-refractivity contribution >= 4 is 5.91 Å². The molecule has 1 heterocycles. The van der Waals surface area contributed by atoms with Crippen LogP contribution in [0.1, 0.15) is 5.56 Å². The van der Waals surface area contributed by atoms with Crippen LogP contribution in [-0.2, 0) is 17.9 Å². The van der Waals surface area contributed by atoms with Gasteiger partial charge in [0.1, 0.15) is 12.3 Å². The van der Waals surface area contributed by atoms with Gasteiger partial charge in [-0.1, -0.05) is 48.5 Å². The molecule has 26 heavy (non-hydrogen) atoms. The zero-order chi connectivity index (χ0) is 18.4. The minimum atomic E-state index is -0.272. The van der Waals surface area contributed by atoms with E-state index in [0.29, 0.717) is 18.0 Å². The third-order valence-corrected chi connectivity index (χ3v) is 3.93. The molecule has 6 nitrogen and oxygen atoms in total. The number of hydrogen-bond donors (Lipinski definition) is 1. The lowest BCUT2D eigenvalue weighted by Gasteiger charge is -2.10. The molecular formula is C20H19N3O3. The molecule has 0 aliphatic heterocycles. The van der Waals surface area contributed by atoms with Gasteiger partial charge in [-0.25, -0.2) is 4.98 Å². The zero-order valence-electron chi connectivity index (χ0n) is 14.4. The number of amides is 1. The third-order valence-electron chi connectivity index (χ3n) is 3.93. The zero-order valence-corrected chi connectivity index (χ0v) is 14.4. The lowest BCUT2D eigenvalue weighted by atomic mass is 10.1. The Morgan fingerprint density at radius 2 is 1.85 bits per heavy atom. The van der Waals surface area contributed by atoms with E-state index in [4.69, 9.17) is 4.74 Å². The average molecular weight is 349 g/mol. The van der Waals surface area contributed by atoms with Crippen LogP contribution in [0.4, 0.5) is 0 Å². The minimum Gasteiger partial charge on any atom is -0.496 e. The first-order chi connectivity index (χ1) is 12.7. The predicted octanol–water partition coefficient (Wildman–Crippen LogP) is 2.24. The number of hydrogen-bond acceptors (Lipinski definition) is 4. The van der Waals surface area contributed by atoms with Gasteiger partial charge < -0.3 is 10.1 Å². The Hall–Kier alpha value is -3.41. The van der Waals surface area contributed by atoms with Gasteiger partial charge in [-0.2, -0.15) is 0 Å². The van der Waals surface area contributed by atoms with Crippen molar-refractivity contribution in [1.29, 1.82) is 0 Å². The van der Waals surface area contributed by atoms with Crippen LogP contribution in [0.25, 0.3) is 11.3 Å². The fourth-order valence-electron chi connectivity index (χ4n) is 2.56. The van der Waals surface area contributed by atoms with Gasteiger partial charge in [-0.3, -0.25) is 14.2 Å². The highest BCUT2D eigenvalue weighted by Crippen LogP contribution is 2.16. The number of rotatable bonds is 6. The summed E-state index contributed by atoms with van der Waals surface area (Å²) in [4.78, 5) is 28.7. The molecule has 0 saturated carbocycles. The van der Waals surface area contributed by atoms with Crippen molar-refractivity contribution < 1.29 is 9.53 Å². The van der Waals surface area contributed by atoms with Gasteiger partial charge >= 0.3 is 0 Å². The van der Waals surface area contributed by atoms with E-state index in [1.807, 2.05) is 54.6 Å². The van der Waals surface area contributed by atoms with E-state index in [1.165, 1.54) is 17.0 Å². The van der Waals surface area contributed by atoms with E-state index in [0.717, 1.165) is 11.1 Å². The second-order valence-corrected chi connectivity index (χ2v) is 5.69. The molecular weight excluding hydrogens is 330 g/mol. The highest BCUT2D eigenvalue weighted by atomic mass is 16.5. The Balaban J connectivity index is 1.65. The van der Waals surface area contributed by atoms with Crippen molar-refractivity contribution in [3.05, 3.63) is 82.9 Å². The molecule has 3 aromatic rings. The number of aromatic nitrogens is 2. The summed E-state index contributed by atoms with van der Waals surface area (Å²) in [6, 6.07) is 18.3. The average Bonchev–Trinajstić information content (AvgIpc) is 2.69. The monoisotopic (exact) mass is 349 g/mol. The van der Waals surface area contributed by atoms with Crippen LogP contribution in [0, 0.1) is 0 Å². The molecule has 0 aliphatic carbocycles. The fraction of sp³-hybridized carbons (Fsp3) is 0.150. The van der Waals surface area contributed by atoms with E-state index < -0.39 is 0 Å². The largest absolute Gasteiger partial charge is 0.496 e. The van der Waals surface area contributed by atoms with Crippen LogP contribution < -0.4 is 15.6 Å². The molecule has 0 spiro atoms. The molecule has 132 valence electrons. The molecule has 1 aromatic heterocycles. The second kappa shape index (κ2) is 8.11. The second-order valence-electron chi connectivity index (χ2n) is 5.69. The van der Waals surface area contributed by atoms with Crippen LogP contribution in [0.2, 0.25) is 0 Å². The van der Waals surface area contributed by atoms with Crippen molar-refractivity contribution in [2.24, 2.45) is 0 Å². The Kier molecular flexibility index (Phi) is 5.43. The molecule has 0 bridgehead atoms. The van der Waals surface area contributed by atoms with Gasteiger partial charge in [0.05, 0.1) is 19.1 Å². The SMILES string of the molecule is COc1ccccc1CNC(=O)Cn1cnc(-c2ccccc2)cc1=O. The summed E-state index contributed by atoms with van der Waals surface area (Å²) in [5.74, 6) is 0.436. The molecule has 0 fully saturated rings. The standard InChI is InChI=1S/C20H19N3O3/c1-26-18-10-6-5-9-16(18)12-21-19(24)13-23-14-22-17(11-20(23)25)15-7-3-2-4-8-15/h2-11,14H,12-13H2,1H3,(H,21,24). The number of ether oxygens (including phenoxy) is 1. The lowest BCUT2D eigenvalue weighted by Crippen LogP contribution is -2.32. The van der Waals surface area contributed by atoms with Crippen LogP contribution in [0.5, 0.6) is 5.75 Å². The van der Waals surface area contributed by atoms with Gasteiger partial charge in [-0.15, -0.1) is 0 Å². The Morgan fingerprint density at radius 1 is 1.12 bits per heavy atom. The van der Waals surface area contributed by atoms with Crippen molar-refractivity contribution in [1.82, 2.24) is 14.9 Å². The molecule has 0 atom stereocenters. The normalized spacial score (nSPS) is 10.3. The van der Waals surface area contributed by atoms with E-state index >= 15 is 0 Å². The maximum atomic E-state index is 12.2. The van der Waals surface area contributed by atoms with Crippen molar-refractivity contribution in [2.75, 3.05) is 7.11 Å². The van der Waals surface area contributed by atoms with Crippen molar-refractivity contribution in [3.63, 3.8) is 0 Å². The summed E-state index contributed by atoms with van der Waals surface area (Å²) in [5, 5.41) is 2.79. The first-order valence-corrected chi connectivity index (χ1v) is 8.18. The molecule has 6 heteroatoms. The fourth-order valence-corrected chi connectivity index (χ4v) is 2.56. The first kappa shape index (κ1) is 17.4. The van der Waals surface area contributed by atoms with Crippen LogP contribution in [-0.4, -0.2) is 22.6 Å². The smallest absolute Gasteiger partial charge is 0.254 e. The van der Waals surface area contributed by atoms with Crippen molar-refractivity contribution in [2.45, 2.75) is 13.1 Å². The minimum absolute atomic E-state index is 0.0872. The molecule has 1 N–H and O–H groups in total. The van der Waals surface area contributed by atoms with E-state index in [-0.39, 0.29) is 18.0 Å². The van der Waals surface area contributed by atoms with Gasteiger partial charge in [0, 0.05) is 23.7 Å². The number of carbonyl (C=O) groups is 1. The molecule has 0 radical (unpaired) electrons. The number of para-hydroxylation sites is 1. The molecule has 2 aromatic carbocycles. The van der Waals surface area contributed by atoms with Gasteiger partial charge in [0.25, 0.3) is 5.56 Å². The van der Waals surface area contributed by atoms with E-state index in [1.54, 1.807) is 7.11 Å². The quantitative estimate of drug-likeness (QED) is 0.741. The highest BCUT2D eigenvalue weighted by molar-refractivity contribution is 5.75. The summed E-state index contributed by atoms with van der Waals surface area (Å²) >= 11 is 0. The van der Waals surface area contributed by atoms with Gasteiger partial charge in [-0.05, 0) is 6.07 Å². The lowest BCUT2D eigenvalue weighted by molar-refractivity contribution is -0.121. The molecule has 0 saturated heterocycles. The van der Waals surface area contributed by atoms with Gasteiger partial charge in [0.15, 0.2) is 0 Å². The third kappa shape index (κ3) is 4.16. The summed E-state index contributed by atoms with van der Waals surface area (Å²) in [6.45, 7) is 0.239. The Bertz CT molecular complexity index is 952. The van der Waals surface area contributed by atoms with Crippen LogP contribution >= 0.6 is 0 Å². The Labute approximate surface area is 151 Å². The number of benzene rings is 2. The highest BCUT2D eigenvalue weighted by Gasteiger charge is 2.08. The van der Waals surface area contributed by atoms with Crippen molar-refractivity contribution in [3.8, 4) is 17.0 Å². The Morgan fingerprint density at radius 3 is 2.58 bits per heavy atom. The maximum Gasteiger partial charge on any atom is 0.254 e. The maximum absolute atomic E-state index is 12.2. The van der Waals surface area contributed by atoms with Crippen LogP contribution in [0.3, 0.4) is 0 Å². The first-order valence-electron chi connectivity index (χ1n) is 8.18. The summed E-state index contributed by atoms with van der Waals surface area (Å²) in [5.41, 5.74) is 2.04. The van der Waals surface area contributed by atoms with Gasteiger partial charge in [0.2, 0.25) is 5.91 Å². The number of nitrogens with one attached hydrogen (secondary N) is 1.